The number of hydrogen-bond donors (Lipinski definition) is 4. The van der Waals surface area contributed by atoms with Crippen LogP contribution in [0.15, 0.2) is 76.4 Å². The molecule has 11 heteroatoms. The van der Waals surface area contributed by atoms with Gasteiger partial charge in [-0.05, 0) is 22.1 Å². The molecule has 1 aliphatic heterocycles. The number of aliphatic hydroxyl groups is 2. The van der Waals surface area contributed by atoms with E-state index in [1.54, 1.807) is 0 Å². The number of benzene rings is 2. The molecule has 3 aromatic rings. The first-order valence-corrected chi connectivity index (χ1v) is 11.4. The van der Waals surface area contributed by atoms with E-state index in [0.717, 1.165) is 21.9 Å². The summed E-state index contributed by atoms with van der Waals surface area (Å²) in [6, 6.07) is 19.6. The van der Waals surface area contributed by atoms with E-state index in [1.807, 2.05) is 65.6 Å². The minimum atomic E-state index is -1.65. The van der Waals surface area contributed by atoms with Crippen molar-refractivity contribution < 1.29 is 29.2 Å². The van der Waals surface area contributed by atoms with Crippen molar-refractivity contribution in [2.75, 3.05) is 13.2 Å². The van der Waals surface area contributed by atoms with Gasteiger partial charge in [-0.2, -0.15) is 4.94 Å². The Balaban J connectivity index is 1.52. The molecule has 0 bridgehead atoms. The highest BCUT2D eigenvalue weighted by atomic mass is 19.3. The van der Waals surface area contributed by atoms with Crippen LogP contribution in [0.4, 0.5) is 4.53 Å². The second kappa shape index (κ2) is 11.4. The van der Waals surface area contributed by atoms with Gasteiger partial charge in [0, 0.05) is 18.7 Å². The second-order valence-corrected chi connectivity index (χ2v) is 8.42. The lowest BCUT2D eigenvalue weighted by Crippen LogP contribution is -2.41. The summed E-state index contributed by atoms with van der Waals surface area (Å²) in [5.74, 6) is -0.758. The molecule has 4 rings (SSSR count). The number of aromatic amines is 1. The largest absolute Gasteiger partial charge is 0.394 e. The summed E-state index contributed by atoms with van der Waals surface area (Å²) in [7, 11) is 0. The van der Waals surface area contributed by atoms with Crippen LogP contribution in [0.1, 0.15) is 40.1 Å². The number of hydrogen-bond acceptors (Lipinski definition) is 7. The molecule has 1 amide bonds. The van der Waals surface area contributed by atoms with Crippen molar-refractivity contribution in [2.24, 2.45) is 0 Å². The summed E-state index contributed by atoms with van der Waals surface area (Å²) in [5.41, 5.74) is -0.211. The quantitative estimate of drug-likeness (QED) is 0.344. The van der Waals surface area contributed by atoms with E-state index in [1.165, 1.54) is 0 Å². The van der Waals surface area contributed by atoms with Gasteiger partial charge in [0.15, 0.2) is 12.3 Å². The molecular formula is C25H26FN3O7. The van der Waals surface area contributed by atoms with Crippen LogP contribution in [-0.4, -0.2) is 57.1 Å². The first-order chi connectivity index (χ1) is 17.4. The number of aromatic nitrogens is 2. The third kappa shape index (κ3) is 5.29. The van der Waals surface area contributed by atoms with Gasteiger partial charge in [-0.1, -0.05) is 60.7 Å². The van der Waals surface area contributed by atoms with Crippen molar-refractivity contribution in [3.8, 4) is 0 Å². The highest BCUT2D eigenvalue weighted by Gasteiger charge is 2.47. The topological polar surface area (TPSA) is 143 Å². The fourth-order valence-electron chi connectivity index (χ4n) is 4.35. The van der Waals surface area contributed by atoms with Crippen LogP contribution in [0.25, 0.3) is 0 Å². The maximum atomic E-state index is 13.1. The lowest BCUT2D eigenvalue weighted by atomic mass is 9.88. The van der Waals surface area contributed by atoms with Gasteiger partial charge in [0.05, 0.1) is 6.61 Å². The molecule has 1 saturated heterocycles. The molecule has 4 N–H and O–H groups in total. The van der Waals surface area contributed by atoms with Crippen molar-refractivity contribution in [1.29, 1.82) is 0 Å². The summed E-state index contributed by atoms with van der Waals surface area (Å²) in [4.78, 5) is 43.3. The van der Waals surface area contributed by atoms with Gasteiger partial charge >= 0.3 is 5.69 Å². The third-order valence-corrected chi connectivity index (χ3v) is 6.20. The van der Waals surface area contributed by atoms with E-state index in [2.05, 4.69) is 10.3 Å². The number of halogens is 1. The third-order valence-electron chi connectivity index (χ3n) is 6.20. The number of aliphatic hydroxyl groups excluding tert-OH is 2. The van der Waals surface area contributed by atoms with Crippen molar-refractivity contribution >= 4 is 5.91 Å². The first kappa shape index (κ1) is 25.5. The number of carbonyl (C=O) groups is 1. The molecule has 10 nitrogen and oxygen atoms in total. The normalized spacial score (nSPS) is 21.6. The maximum Gasteiger partial charge on any atom is 0.330 e. The Bertz CT molecular complexity index is 1240. The first-order valence-electron chi connectivity index (χ1n) is 11.4. The highest BCUT2D eigenvalue weighted by molar-refractivity contribution is 5.93. The molecule has 0 saturated carbocycles. The number of amides is 1. The van der Waals surface area contributed by atoms with E-state index >= 15 is 0 Å². The monoisotopic (exact) mass is 499 g/mol. The summed E-state index contributed by atoms with van der Waals surface area (Å²) in [5, 5.41) is 22.0. The van der Waals surface area contributed by atoms with Gasteiger partial charge in [0.1, 0.15) is 17.8 Å². The Kier molecular flexibility index (Phi) is 8.06. The van der Waals surface area contributed by atoms with E-state index in [4.69, 9.17) is 4.74 Å². The molecule has 0 aliphatic carbocycles. The van der Waals surface area contributed by atoms with E-state index in [-0.39, 0.29) is 12.5 Å². The predicted octanol–water partition coefficient (Wildman–Crippen LogP) is 1.01. The van der Waals surface area contributed by atoms with Crippen molar-refractivity contribution in [2.45, 2.75) is 36.9 Å². The molecule has 0 spiro atoms. The zero-order valence-electron chi connectivity index (χ0n) is 19.1. The summed E-state index contributed by atoms with van der Waals surface area (Å²) in [6.45, 7) is -0.444. The van der Waals surface area contributed by atoms with Crippen LogP contribution < -0.4 is 16.6 Å². The molecule has 1 aliphatic rings. The zero-order valence-corrected chi connectivity index (χ0v) is 19.1. The SMILES string of the molecule is O=C(NCCC(c1ccccc1)c1ccccc1)c1cn([C@@H]2O[C@H](CO)[C@H](O)[C@H]2OF)c(=O)[nH]c1=O. The van der Waals surface area contributed by atoms with Crippen molar-refractivity contribution in [1.82, 2.24) is 14.9 Å². The Morgan fingerprint density at radius 3 is 2.28 bits per heavy atom. The summed E-state index contributed by atoms with van der Waals surface area (Å²) in [6.07, 6.45) is -4.51. The molecule has 4 atom stereocenters. The van der Waals surface area contributed by atoms with Crippen LogP contribution in [0.5, 0.6) is 0 Å². The second-order valence-electron chi connectivity index (χ2n) is 8.42. The van der Waals surface area contributed by atoms with Gasteiger partial charge in [0.25, 0.3) is 11.5 Å². The summed E-state index contributed by atoms with van der Waals surface area (Å²) < 4.78 is 19.2. The average Bonchev–Trinajstić information content (AvgIpc) is 3.22. The zero-order chi connectivity index (χ0) is 25.7. The molecule has 190 valence electrons. The number of nitrogens with zero attached hydrogens (tertiary/aromatic N) is 1. The number of carbonyl (C=O) groups excluding carboxylic acids is 1. The van der Waals surface area contributed by atoms with Gasteiger partial charge in [0.2, 0.25) is 0 Å². The minimum Gasteiger partial charge on any atom is -0.394 e. The van der Waals surface area contributed by atoms with E-state index in [9.17, 15) is 29.1 Å². The molecular weight excluding hydrogens is 473 g/mol. The Morgan fingerprint density at radius 2 is 1.72 bits per heavy atom. The lowest BCUT2D eigenvalue weighted by molar-refractivity contribution is -0.221. The molecule has 1 aromatic heterocycles. The fourth-order valence-corrected chi connectivity index (χ4v) is 4.35. The van der Waals surface area contributed by atoms with Crippen molar-refractivity contribution in [3.63, 3.8) is 0 Å². The molecule has 36 heavy (non-hydrogen) atoms. The molecule has 1 fully saturated rings. The Morgan fingerprint density at radius 1 is 1.11 bits per heavy atom. The predicted molar refractivity (Wildman–Crippen MR) is 126 cm³/mol. The molecule has 0 radical (unpaired) electrons. The molecule has 2 heterocycles. The van der Waals surface area contributed by atoms with Gasteiger partial charge in [-0.15, -0.1) is 0 Å². The number of nitrogens with one attached hydrogen (secondary N) is 2. The maximum absolute atomic E-state index is 13.1. The fraction of sp³-hybridized carbons (Fsp3) is 0.320. The minimum absolute atomic E-state index is 0.00816. The highest BCUT2D eigenvalue weighted by Crippen LogP contribution is 2.31. The lowest BCUT2D eigenvalue weighted by Gasteiger charge is -2.19. The van der Waals surface area contributed by atoms with Gasteiger partial charge in [-0.25, -0.2) is 4.79 Å². The van der Waals surface area contributed by atoms with Crippen LogP contribution in [0, 0.1) is 0 Å². The number of H-pyrrole nitrogens is 1. The van der Waals surface area contributed by atoms with Crippen LogP contribution in [0.3, 0.4) is 0 Å². The summed E-state index contributed by atoms with van der Waals surface area (Å²) >= 11 is 0. The van der Waals surface area contributed by atoms with Gasteiger partial charge in [-0.3, -0.25) is 19.1 Å². The standard InChI is InChI=1S/C25H26FN3O7/c26-36-21-20(31)19(14-30)35-24(21)29-13-18(23(33)28-25(29)34)22(32)27-12-11-17(15-7-3-1-4-8-15)16-9-5-2-6-10-16/h1-10,13,17,19-21,24,30-31H,11-12,14H2,(H,27,32)(H,28,33,34)/t19-,20+,21-,24-/m1/s1. The number of ether oxygens (including phenoxy) is 1. The smallest absolute Gasteiger partial charge is 0.330 e. The average molecular weight is 499 g/mol. The molecule has 0 unspecified atom stereocenters. The van der Waals surface area contributed by atoms with Crippen molar-refractivity contribution in [3.05, 3.63) is 104 Å². The molecule has 2 aromatic carbocycles. The van der Waals surface area contributed by atoms with E-state index in [0.29, 0.717) is 6.42 Å². The van der Waals surface area contributed by atoms with Crippen LogP contribution in [-0.2, 0) is 9.68 Å². The Hall–Kier alpha value is -3.64. The Labute approximate surface area is 204 Å². The number of rotatable bonds is 9. The van der Waals surface area contributed by atoms with Crippen LogP contribution >= 0.6 is 0 Å². The van der Waals surface area contributed by atoms with Crippen LogP contribution in [0.2, 0.25) is 0 Å². The van der Waals surface area contributed by atoms with Gasteiger partial charge < -0.3 is 20.3 Å². The van der Waals surface area contributed by atoms with E-state index < -0.39 is 53.9 Å².